The van der Waals surface area contributed by atoms with E-state index in [-0.39, 0.29) is 30.5 Å². The van der Waals surface area contributed by atoms with Crippen LogP contribution in [0.2, 0.25) is 0 Å². The van der Waals surface area contributed by atoms with E-state index in [1.54, 1.807) is 26.8 Å². The van der Waals surface area contributed by atoms with Crippen LogP contribution in [0.3, 0.4) is 0 Å². The normalized spacial score (nSPS) is 52.3. The number of esters is 2. The van der Waals surface area contributed by atoms with Gasteiger partial charge in [0.1, 0.15) is 29.2 Å². The van der Waals surface area contributed by atoms with Crippen LogP contribution in [0.1, 0.15) is 66.7 Å². The fraction of sp³-hybridized carbons (Fsp3) is 0.724. The molecule has 0 aromatic rings. The molecule has 9 nitrogen and oxygen atoms in total. The van der Waals surface area contributed by atoms with Gasteiger partial charge in [0.05, 0.1) is 12.0 Å². The fourth-order valence-electron chi connectivity index (χ4n) is 9.47. The Morgan fingerprint density at radius 1 is 1.08 bits per heavy atom. The van der Waals surface area contributed by atoms with Gasteiger partial charge in [-0.2, -0.15) is 0 Å². The lowest BCUT2D eigenvalue weighted by molar-refractivity contribution is -0.260. The molecular formula is C29H34O9. The monoisotopic (exact) mass is 526 g/mol. The third-order valence-electron chi connectivity index (χ3n) is 11.1. The lowest BCUT2D eigenvalue weighted by atomic mass is 9.63. The summed E-state index contributed by atoms with van der Waals surface area (Å²) in [4.78, 5) is 52.9. The smallest absolute Gasteiger partial charge is 0.334 e. The average molecular weight is 527 g/mol. The van der Waals surface area contributed by atoms with Crippen LogP contribution in [0.15, 0.2) is 23.3 Å². The van der Waals surface area contributed by atoms with Crippen molar-refractivity contribution in [3.63, 3.8) is 0 Å². The Bertz CT molecular complexity index is 1280. The van der Waals surface area contributed by atoms with E-state index in [2.05, 4.69) is 0 Å². The van der Waals surface area contributed by atoms with E-state index < -0.39 is 69.7 Å². The standard InChI is InChI=1S/C29H34O9/c1-13-10-16(35-24(13)33)20-14(2)22(31)26(5)8-9-27-12-28-17(25(3,4)36-18(28)11-19(30)37-28)7-6-15(27)23(32)29(34,38-27)21(20)26/h6,10,14,16-18,20-21,34H,7-9,11-12H2,1-5H3/t14-,16-,17-,18+,20+,21-,26-,27-,28+,29-/m0/s1. The highest BCUT2D eigenvalue weighted by molar-refractivity contribution is 6.06. The summed E-state index contributed by atoms with van der Waals surface area (Å²) in [7, 11) is 0. The largest absolute Gasteiger partial charge is 0.456 e. The number of aliphatic hydroxyl groups is 1. The van der Waals surface area contributed by atoms with Gasteiger partial charge in [0.15, 0.2) is 0 Å². The van der Waals surface area contributed by atoms with Crippen molar-refractivity contribution in [1.29, 1.82) is 0 Å². The van der Waals surface area contributed by atoms with Gasteiger partial charge in [0, 0.05) is 46.7 Å². The zero-order chi connectivity index (χ0) is 27.2. The van der Waals surface area contributed by atoms with Gasteiger partial charge >= 0.3 is 11.9 Å². The minimum Gasteiger partial charge on any atom is -0.456 e. The van der Waals surface area contributed by atoms with Crippen molar-refractivity contribution in [3.05, 3.63) is 23.3 Å². The predicted molar refractivity (Wildman–Crippen MR) is 129 cm³/mol. The summed E-state index contributed by atoms with van der Waals surface area (Å²) in [5, 5.41) is 12.3. The lowest BCUT2D eigenvalue weighted by Gasteiger charge is -2.41. The minimum absolute atomic E-state index is 0.0685. The summed E-state index contributed by atoms with van der Waals surface area (Å²) < 4.78 is 24.7. The quantitative estimate of drug-likeness (QED) is 0.513. The van der Waals surface area contributed by atoms with E-state index in [0.717, 1.165) is 0 Å². The van der Waals surface area contributed by atoms with Crippen molar-refractivity contribution < 1.29 is 43.2 Å². The number of ether oxygens (including phenoxy) is 4. The molecule has 0 amide bonds. The molecule has 10 atom stereocenters. The molecule has 5 fully saturated rings. The van der Waals surface area contributed by atoms with E-state index in [1.807, 2.05) is 19.9 Å². The van der Waals surface area contributed by atoms with Crippen LogP contribution < -0.4 is 0 Å². The molecule has 2 aliphatic carbocycles. The van der Waals surface area contributed by atoms with Gasteiger partial charge in [-0.15, -0.1) is 0 Å². The number of rotatable bonds is 1. The average Bonchev–Trinajstić information content (AvgIpc) is 3.43. The van der Waals surface area contributed by atoms with Crippen LogP contribution in [-0.2, 0) is 38.1 Å². The van der Waals surface area contributed by atoms with Crippen molar-refractivity contribution in [2.75, 3.05) is 0 Å². The summed E-state index contributed by atoms with van der Waals surface area (Å²) in [5.74, 6) is -5.98. The number of hydrogen-bond acceptors (Lipinski definition) is 9. The topological polar surface area (TPSA) is 125 Å². The Kier molecular flexibility index (Phi) is 4.57. The van der Waals surface area contributed by atoms with Gasteiger partial charge in [0.25, 0.3) is 0 Å². The molecule has 5 aliphatic heterocycles. The lowest BCUT2D eigenvalue weighted by Crippen LogP contribution is -2.54. The number of Topliss-reactive ketones (excluding diaryl/α,β-unsaturated/α-hetero) is 2. The Hall–Kier alpha value is -2.36. The number of hydrogen-bond donors (Lipinski definition) is 1. The van der Waals surface area contributed by atoms with E-state index in [1.165, 1.54) is 0 Å². The zero-order valence-corrected chi connectivity index (χ0v) is 22.4. The molecule has 2 spiro atoms. The Morgan fingerprint density at radius 3 is 2.50 bits per heavy atom. The first kappa shape index (κ1) is 24.7. The van der Waals surface area contributed by atoms with Gasteiger partial charge in [-0.1, -0.05) is 19.9 Å². The van der Waals surface area contributed by atoms with Crippen LogP contribution in [0.5, 0.6) is 0 Å². The second kappa shape index (κ2) is 7.04. The molecule has 7 aliphatic rings. The van der Waals surface area contributed by atoms with Crippen LogP contribution in [0.4, 0.5) is 0 Å². The van der Waals surface area contributed by atoms with Crippen molar-refractivity contribution in [3.8, 4) is 0 Å². The van der Waals surface area contributed by atoms with E-state index in [0.29, 0.717) is 30.4 Å². The first-order chi connectivity index (χ1) is 17.7. The summed E-state index contributed by atoms with van der Waals surface area (Å²) in [5.41, 5.74) is -3.05. The number of fused-ring (bicyclic) bond motifs is 3. The molecule has 9 heteroatoms. The maximum Gasteiger partial charge on any atom is 0.334 e. The van der Waals surface area contributed by atoms with Crippen molar-refractivity contribution in [1.82, 2.24) is 0 Å². The van der Waals surface area contributed by atoms with E-state index in [4.69, 9.17) is 18.9 Å². The molecule has 0 aromatic carbocycles. The second-order valence-electron chi connectivity index (χ2n) is 13.4. The summed E-state index contributed by atoms with van der Waals surface area (Å²) in [6.45, 7) is 9.19. The van der Waals surface area contributed by atoms with E-state index >= 15 is 0 Å². The Morgan fingerprint density at radius 2 is 1.82 bits per heavy atom. The molecule has 0 aromatic heterocycles. The highest BCUT2D eigenvalue weighted by Crippen LogP contribution is 2.67. The molecule has 7 rings (SSSR count). The molecule has 0 unspecified atom stereocenters. The van der Waals surface area contributed by atoms with Gasteiger partial charge in [0.2, 0.25) is 11.6 Å². The Labute approximate surface area is 220 Å². The molecule has 4 saturated heterocycles. The first-order valence-corrected chi connectivity index (χ1v) is 13.7. The van der Waals surface area contributed by atoms with Crippen LogP contribution in [0.25, 0.3) is 0 Å². The molecule has 5 heterocycles. The minimum atomic E-state index is -2.28. The van der Waals surface area contributed by atoms with E-state index in [9.17, 15) is 24.3 Å². The van der Waals surface area contributed by atoms with Gasteiger partial charge in [-0.25, -0.2) is 4.79 Å². The second-order valence-corrected chi connectivity index (χ2v) is 13.4. The molecule has 38 heavy (non-hydrogen) atoms. The first-order valence-electron chi connectivity index (χ1n) is 13.7. The van der Waals surface area contributed by atoms with Crippen molar-refractivity contribution in [2.24, 2.45) is 29.1 Å². The number of carbonyl (C=O) groups is 4. The Balaban J connectivity index is 1.37. The molecule has 204 valence electrons. The zero-order valence-electron chi connectivity index (χ0n) is 22.4. The van der Waals surface area contributed by atoms with Crippen molar-refractivity contribution >= 4 is 23.5 Å². The third kappa shape index (κ3) is 2.68. The maximum atomic E-state index is 14.2. The van der Waals surface area contributed by atoms with Gasteiger partial charge in [-0.05, 0) is 46.1 Å². The summed E-state index contributed by atoms with van der Waals surface area (Å²) >= 11 is 0. The van der Waals surface area contributed by atoms with Crippen LogP contribution in [0, 0.1) is 29.1 Å². The highest BCUT2D eigenvalue weighted by Gasteiger charge is 2.78. The number of carbonyl (C=O) groups excluding carboxylic acids is 4. The summed E-state index contributed by atoms with van der Waals surface area (Å²) in [6, 6.07) is 0. The molecule has 1 N–H and O–H groups in total. The van der Waals surface area contributed by atoms with Gasteiger partial charge in [-0.3, -0.25) is 14.4 Å². The van der Waals surface area contributed by atoms with Gasteiger partial charge < -0.3 is 24.1 Å². The highest BCUT2D eigenvalue weighted by atomic mass is 16.7. The number of cyclic esters (lactones) is 1. The summed E-state index contributed by atoms with van der Waals surface area (Å²) in [6.07, 6.45) is 3.73. The molecule has 2 bridgehead atoms. The SMILES string of the molecule is CC1=C[C@@H]([C@H]2[C@H](C)C(=O)[C@@]3(C)CC[C@]45C[C@]67OC(=O)C[C@H]6OC(C)(C)[C@@H]7CC=C4C(=O)[C@@](O)(O5)[C@@H]23)OC1=O. The van der Waals surface area contributed by atoms with Crippen molar-refractivity contribution in [2.45, 2.75) is 102 Å². The van der Waals surface area contributed by atoms with Crippen LogP contribution >= 0.6 is 0 Å². The predicted octanol–water partition coefficient (Wildman–Crippen LogP) is 2.34. The molecule has 1 saturated carbocycles. The fourth-order valence-corrected chi connectivity index (χ4v) is 9.47. The molecule has 0 radical (unpaired) electrons. The molecular weight excluding hydrogens is 492 g/mol. The third-order valence-corrected chi connectivity index (χ3v) is 11.1. The number of allylic oxidation sites excluding steroid dienone is 1. The number of ketones is 2. The van der Waals surface area contributed by atoms with Crippen LogP contribution in [-0.4, -0.2) is 63.4 Å². The maximum absolute atomic E-state index is 14.2.